The summed E-state index contributed by atoms with van der Waals surface area (Å²) >= 11 is 3.29. The number of ether oxygens (including phenoxy) is 1. The lowest BCUT2D eigenvalue weighted by atomic mass is 9.93. The smallest absolute Gasteiger partial charge is 0.315 e. The van der Waals surface area contributed by atoms with Crippen LogP contribution in [0, 0.1) is 0 Å². The maximum atomic E-state index is 10.9. The molecule has 0 fully saturated rings. The fraction of sp³-hybridized carbons (Fsp3) is 0.667. The topological polar surface area (TPSA) is 39.2 Å². The fourth-order valence-corrected chi connectivity index (χ4v) is 3.06. The first-order chi connectivity index (χ1) is 7.93. The molecule has 5 heteroatoms. The number of carbonyl (C=O) groups excluding carboxylic acids is 1. The number of hydrogen-bond acceptors (Lipinski definition) is 5. The number of rotatable bonds is 5. The van der Waals surface area contributed by atoms with E-state index in [-0.39, 0.29) is 11.4 Å². The summed E-state index contributed by atoms with van der Waals surface area (Å²) in [6, 6.07) is 0. The van der Waals surface area contributed by atoms with Crippen LogP contribution in [0.2, 0.25) is 0 Å². The van der Waals surface area contributed by atoms with E-state index >= 15 is 0 Å². The van der Waals surface area contributed by atoms with Gasteiger partial charge < -0.3 is 4.74 Å². The van der Waals surface area contributed by atoms with Gasteiger partial charge in [-0.1, -0.05) is 20.8 Å². The monoisotopic (exact) mass is 273 g/mol. The van der Waals surface area contributed by atoms with E-state index in [4.69, 9.17) is 0 Å². The first-order valence-corrected chi connectivity index (χ1v) is 7.56. The standard InChI is InChI=1S/C12H19NO2S2/c1-12(2,3)9-7-17-10(13-9)5-6-16-8-11(14)15-4/h7H,5-6,8H2,1-4H3. The average Bonchev–Trinajstić information content (AvgIpc) is 2.72. The minimum absolute atomic E-state index is 0.119. The summed E-state index contributed by atoms with van der Waals surface area (Å²) in [7, 11) is 1.42. The highest BCUT2D eigenvalue weighted by Crippen LogP contribution is 2.24. The van der Waals surface area contributed by atoms with Crippen molar-refractivity contribution in [2.75, 3.05) is 18.6 Å². The van der Waals surface area contributed by atoms with Crippen LogP contribution in [0.1, 0.15) is 31.5 Å². The van der Waals surface area contributed by atoms with Crippen molar-refractivity contribution in [2.24, 2.45) is 0 Å². The van der Waals surface area contributed by atoms with Crippen molar-refractivity contribution in [3.63, 3.8) is 0 Å². The van der Waals surface area contributed by atoms with Crippen molar-refractivity contribution in [3.8, 4) is 0 Å². The molecule has 0 aliphatic heterocycles. The van der Waals surface area contributed by atoms with Gasteiger partial charge in [0.25, 0.3) is 0 Å². The molecule has 0 spiro atoms. The van der Waals surface area contributed by atoms with Crippen LogP contribution in [0.15, 0.2) is 5.38 Å². The molecule has 1 heterocycles. The van der Waals surface area contributed by atoms with E-state index in [1.54, 1.807) is 23.1 Å². The molecule has 0 unspecified atom stereocenters. The largest absolute Gasteiger partial charge is 0.468 e. The molecular weight excluding hydrogens is 254 g/mol. The number of thioether (sulfide) groups is 1. The van der Waals surface area contributed by atoms with Gasteiger partial charge in [0.05, 0.1) is 23.6 Å². The number of thiazole rings is 1. The fourth-order valence-electron chi connectivity index (χ4n) is 1.14. The molecule has 0 atom stereocenters. The van der Waals surface area contributed by atoms with Crippen molar-refractivity contribution in [1.82, 2.24) is 4.98 Å². The number of aryl methyl sites for hydroxylation is 1. The molecule has 0 aliphatic rings. The van der Waals surface area contributed by atoms with Crippen molar-refractivity contribution < 1.29 is 9.53 Å². The summed E-state index contributed by atoms with van der Waals surface area (Å²) in [5, 5.41) is 3.27. The second-order valence-electron chi connectivity index (χ2n) is 4.76. The van der Waals surface area contributed by atoms with Crippen LogP contribution < -0.4 is 0 Å². The van der Waals surface area contributed by atoms with Gasteiger partial charge in [-0.3, -0.25) is 4.79 Å². The van der Waals surface area contributed by atoms with Crippen molar-refractivity contribution in [3.05, 3.63) is 16.1 Å². The summed E-state index contributed by atoms with van der Waals surface area (Å²) in [4.78, 5) is 15.5. The highest BCUT2D eigenvalue weighted by atomic mass is 32.2. The Morgan fingerprint density at radius 1 is 1.53 bits per heavy atom. The normalized spacial score (nSPS) is 11.5. The third-order valence-corrected chi connectivity index (χ3v) is 4.07. The molecule has 17 heavy (non-hydrogen) atoms. The molecule has 1 aromatic rings. The lowest BCUT2D eigenvalue weighted by molar-refractivity contribution is -0.137. The highest BCUT2D eigenvalue weighted by molar-refractivity contribution is 7.99. The SMILES string of the molecule is COC(=O)CSCCc1nc(C(C)(C)C)cs1. The number of aromatic nitrogens is 1. The molecule has 0 N–H and O–H groups in total. The van der Waals surface area contributed by atoms with Crippen LogP contribution in [0.4, 0.5) is 0 Å². The van der Waals surface area contributed by atoms with Crippen LogP contribution in [-0.2, 0) is 21.4 Å². The molecule has 1 aromatic heterocycles. The lowest BCUT2D eigenvalue weighted by Gasteiger charge is -2.14. The molecule has 0 bridgehead atoms. The predicted molar refractivity (Wildman–Crippen MR) is 73.9 cm³/mol. The maximum absolute atomic E-state index is 10.9. The minimum atomic E-state index is -0.162. The van der Waals surface area contributed by atoms with E-state index in [2.05, 4.69) is 35.9 Å². The van der Waals surface area contributed by atoms with Crippen LogP contribution in [0.25, 0.3) is 0 Å². The molecule has 96 valence electrons. The number of nitrogens with zero attached hydrogens (tertiary/aromatic N) is 1. The second-order valence-corrected chi connectivity index (χ2v) is 6.80. The molecule has 0 saturated heterocycles. The predicted octanol–water partition coefficient (Wildman–Crippen LogP) is 2.89. The highest BCUT2D eigenvalue weighted by Gasteiger charge is 2.17. The van der Waals surface area contributed by atoms with Crippen LogP contribution in [0.3, 0.4) is 0 Å². The second kappa shape index (κ2) is 6.40. The van der Waals surface area contributed by atoms with Gasteiger partial charge in [-0.25, -0.2) is 4.98 Å². The van der Waals surface area contributed by atoms with Crippen molar-refractivity contribution >= 4 is 29.1 Å². The summed E-state index contributed by atoms with van der Waals surface area (Å²) in [6.45, 7) is 6.49. The van der Waals surface area contributed by atoms with Crippen LogP contribution >= 0.6 is 23.1 Å². The van der Waals surface area contributed by atoms with Gasteiger partial charge in [0.1, 0.15) is 0 Å². The van der Waals surface area contributed by atoms with Gasteiger partial charge in [0.15, 0.2) is 0 Å². The Morgan fingerprint density at radius 2 is 2.24 bits per heavy atom. The van der Waals surface area contributed by atoms with E-state index in [1.807, 2.05) is 0 Å². The van der Waals surface area contributed by atoms with E-state index in [1.165, 1.54) is 7.11 Å². The number of hydrogen-bond donors (Lipinski definition) is 0. The number of carbonyl (C=O) groups is 1. The molecule has 3 nitrogen and oxygen atoms in total. The van der Waals surface area contributed by atoms with Gasteiger partial charge in [-0.15, -0.1) is 23.1 Å². The molecule has 0 aromatic carbocycles. The first kappa shape index (κ1) is 14.5. The first-order valence-electron chi connectivity index (χ1n) is 5.53. The lowest BCUT2D eigenvalue weighted by Crippen LogP contribution is -2.11. The van der Waals surface area contributed by atoms with Gasteiger partial charge in [-0.2, -0.15) is 0 Å². The maximum Gasteiger partial charge on any atom is 0.315 e. The van der Waals surface area contributed by atoms with Crippen molar-refractivity contribution in [2.45, 2.75) is 32.6 Å². The summed E-state index contributed by atoms with van der Waals surface area (Å²) in [6.07, 6.45) is 0.919. The Labute approximate surface area is 111 Å². The molecular formula is C12H19NO2S2. The number of esters is 1. The minimum Gasteiger partial charge on any atom is -0.468 e. The molecule has 0 amide bonds. The Balaban J connectivity index is 2.33. The Morgan fingerprint density at radius 3 is 2.76 bits per heavy atom. The Hall–Kier alpha value is -0.550. The van der Waals surface area contributed by atoms with E-state index < -0.39 is 0 Å². The molecule has 1 rings (SSSR count). The third-order valence-electron chi connectivity index (χ3n) is 2.23. The summed E-state index contributed by atoms with van der Waals surface area (Å²) in [5.41, 5.74) is 1.27. The van der Waals surface area contributed by atoms with Gasteiger partial charge >= 0.3 is 5.97 Å². The Kier molecular flexibility index (Phi) is 5.46. The van der Waals surface area contributed by atoms with E-state index in [9.17, 15) is 4.79 Å². The van der Waals surface area contributed by atoms with Crippen molar-refractivity contribution in [1.29, 1.82) is 0 Å². The third kappa shape index (κ3) is 5.08. The Bertz CT molecular complexity index is 369. The summed E-state index contributed by atoms with van der Waals surface area (Å²) in [5.74, 6) is 1.17. The number of methoxy groups -OCH3 is 1. The van der Waals surface area contributed by atoms with Gasteiger partial charge in [0, 0.05) is 23.0 Å². The molecule has 0 saturated carbocycles. The van der Waals surface area contributed by atoms with Crippen LogP contribution in [0.5, 0.6) is 0 Å². The van der Waals surface area contributed by atoms with Gasteiger partial charge in [0.2, 0.25) is 0 Å². The zero-order valence-electron chi connectivity index (χ0n) is 10.8. The van der Waals surface area contributed by atoms with Crippen LogP contribution in [-0.4, -0.2) is 29.6 Å². The van der Waals surface area contributed by atoms with E-state index in [0.29, 0.717) is 5.75 Å². The molecule has 0 aliphatic carbocycles. The average molecular weight is 273 g/mol. The van der Waals surface area contributed by atoms with Gasteiger partial charge in [-0.05, 0) is 0 Å². The zero-order valence-corrected chi connectivity index (χ0v) is 12.4. The van der Waals surface area contributed by atoms with E-state index in [0.717, 1.165) is 22.9 Å². The quantitative estimate of drug-likeness (QED) is 0.611. The summed E-state index contributed by atoms with van der Waals surface area (Å²) < 4.78 is 4.58. The zero-order chi connectivity index (χ0) is 12.9. The molecule has 0 radical (unpaired) electrons.